The fourth-order valence-electron chi connectivity index (χ4n) is 0.690. The van der Waals surface area contributed by atoms with E-state index in [1.165, 1.54) is 0 Å². The summed E-state index contributed by atoms with van der Waals surface area (Å²) in [6.45, 7) is 6.82. The van der Waals surface area contributed by atoms with Crippen molar-refractivity contribution in [2.24, 2.45) is 0 Å². The molecule has 0 aromatic heterocycles. The van der Waals surface area contributed by atoms with Gasteiger partial charge in [0.05, 0.1) is 13.2 Å². The first-order valence-corrected chi connectivity index (χ1v) is 5.23. The lowest BCUT2D eigenvalue weighted by molar-refractivity contribution is -0.140. The monoisotopic (exact) mass is 266 g/mol. The van der Waals surface area contributed by atoms with E-state index in [2.05, 4.69) is 13.2 Å². The quantitative estimate of drug-likeness (QED) is 0.403. The van der Waals surface area contributed by atoms with E-state index in [1.807, 2.05) is 0 Å². The second kappa shape index (κ2) is 8.19. The number of hydrogen-bond donors (Lipinski definition) is 0. The van der Waals surface area contributed by atoms with Crippen molar-refractivity contribution < 1.29 is 19.1 Å². The summed E-state index contributed by atoms with van der Waals surface area (Å²) in [5.41, 5.74) is 0. The topological polar surface area (TPSA) is 52.6 Å². The maximum absolute atomic E-state index is 10.8. The Kier molecular flexibility index (Phi) is 7.68. The van der Waals surface area contributed by atoms with Crippen molar-refractivity contribution in [1.29, 1.82) is 0 Å². The standard InChI is InChI=1S/C10H12Cl2O4/c1-7(11)9(13)15-5-3-4-6-16-10(14)8(2)12/h1-6H2. The third-order valence-corrected chi connectivity index (χ3v) is 1.76. The molecule has 0 fully saturated rings. The van der Waals surface area contributed by atoms with Gasteiger partial charge in [0.2, 0.25) is 0 Å². The zero-order valence-corrected chi connectivity index (χ0v) is 10.1. The second-order valence-corrected chi connectivity index (χ2v) is 3.70. The van der Waals surface area contributed by atoms with Crippen LogP contribution in [0.15, 0.2) is 23.2 Å². The zero-order chi connectivity index (χ0) is 12.6. The van der Waals surface area contributed by atoms with E-state index < -0.39 is 11.9 Å². The molecule has 6 heteroatoms. The summed E-state index contributed by atoms with van der Waals surface area (Å²) < 4.78 is 9.41. The van der Waals surface area contributed by atoms with E-state index in [4.69, 9.17) is 32.7 Å². The van der Waals surface area contributed by atoms with Crippen LogP contribution in [0.5, 0.6) is 0 Å². The van der Waals surface area contributed by atoms with Gasteiger partial charge in [-0.15, -0.1) is 0 Å². The molecular weight excluding hydrogens is 255 g/mol. The zero-order valence-electron chi connectivity index (χ0n) is 8.63. The van der Waals surface area contributed by atoms with Crippen LogP contribution in [0.25, 0.3) is 0 Å². The predicted molar refractivity (Wildman–Crippen MR) is 61.1 cm³/mol. The predicted octanol–water partition coefficient (Wildman–Crippen LogP) is 2.36. The molecule has 0 saturated carbocycles. The van der Waals surface area contributed by atoms with Crippen LogP contribution in [0.4, 0.5) is 0 Å². The minimum Gasteiger partial charge on any atom is -0.461 e. The van der Waals surface area contributed by atoms with Crippen LogP contribution in [0.2, 0.25) is 0 Å². The number of rotatable bonds is 7. The van der Waals surface area contributed by atoms with Crippen LogP contribution in [0.1, 0.15) is 12.8 Å². The lowest BCUT2D eigenvalue weighted by Crippen LogP contribution is -2.08. The van der Waals surface area contributed by atoms with E-state index in [1.54, 1.807) is 0 Å². The highest BCUT2D eigenvalue weighted by Crippen LogP contribution is 2.03. The van der Waals surface area contributed by atoms with E-state index in [0.717, 1.165) is 0 Å². The van der Waals surface area contributed by atoms with Crippen LogP contribution in [-0.4, -0.2) is 25.2 Å². The molecule has 0 unspecified atom stereocenters. The van der Waals surface area contributed by atoms with Gasteiger partial charge in [0.1, 0.15) is 10.1 Å². The normalized spacial score (nSPS) is 9.38. The molecule has 0 aliphatic carbocycles. The number of hydrogen-bond acceptors (Lipinski definition) is 4. The van der Waals surface area contributed by atoms with Gasteiger partial charge >= 0.3 is 11.9 Å². The van der Waals surface area contributed by atoms with Crippen molar-refractivity contribution in [3.05, 3.63) is 23.2 Å². The molecule has 0 aromatic carbocycles. The van der Waals surface area contributed by atoms with Gasteiger partial charge in [-0.1, -0.05) is 36.4 Å². The summed E-state index contributed by atoms with van der Waals surface area (Å²) in [6.07, 6.45) is 1.11. The van der Waals surface area contributed by atoms with Crippen molar-refractivity contribution in [3.63, 3.8) is 0 Å². The Morgan fingerprint density at radius 3 is 1.44 bits per heavy atom. The van der Waals surface area contributed by atoms with Crippen LogP contribution in [0.3, 0.4) is 0 Å². The van der Waals surface area contributed by atoms with Gasteiger partial charge in [-0.25, -0.2) is 9.59 Å². The summed E-state index contributed by atoms with van der Waals surface area (Å²) in [5.74, 6) is -1.29. The molecule has 90 valence electrons. The fourth-order valence-corrected chi connectivity index (χ4v) is 0.800. The van der Waals surface area contributed by atoms with Crippen LogP contribution in [-0.2, 0) is 19.1 Å². The molecule has 0 aliphatic heterocycles. The maximum Gasteiger partial charge on any atom is 0.349 e. The molecule has 0 amide bonds. The second-order valence-electron chi connectivity index (χ2n) is 2.79. The molecule has 0 N–H and O–H groups in total. The minimum absolute atomic E-state index is 0.162. The van der Waals surface area contributed by atoms with Gasteiger partial charge in [0.15, 0.2) is 0 Å². The Hall–Kier alpha value is -1.00. The Balaban J connectivity index is 3.41. The van der Waals surface area contributed by atoms with E-state index in [9.17, 15) is 9.59 Å². The minimum atomic E-state index is -0.646. The van der Waals surface area contributed by atoms with Crippen molar-refractivity contribution in [2.45, 2.75) is 12.8 Å². The van der Waals surface area contributed by atoms with Crippen molar-refractivity contribution >= 4 is 35.1 Å². The SMILES string of the molecule is C=C(Cl)C(=O)OCCCCOC(=O)C(=C)Cl. The first-order chi connectivity index (χ1) is 7.45. The average Bonchev–Trinajstić information content (AvgIpc) is 2.21. The number of carbonyl (C=O) groups excluding carboxylic acids is 2. The summed E-state index contributed by atoms with van der Waals surface area (Å²) in [5, 5.41) is -0.324. The lowest BCUT2D eigenvalue weighted by atomic mass is 10.3. The van der Waals surface area contributed by atoms with Crippen LogP contribution in [0, 0.1) is 0 Å². The lowest BCUT2D eigenvalue weighted by Gasteiger charge is -2.04. The van der Waals surface area contributed by atoms with Gasteiger partial charge in [0.25, 0.3) is 0 Å². The molecule has 0 radical (unpaired) electrons. The molecule has 0 aromatic rings. The summed E-state index contributed by atoms with van der Waals surface area (Å²) in [7, 11) is 0. The van der Waals surface area contributed by atoms with Crippen molar-refractivity contribution in [1.82, 2.24) is 0 Å². The highest BCUT2D eigenvalue weighted by atomic mass is 35.5. The molecule has 0 rings (SSSR count). The summed E-state index contributed by atoms with van der Waals surface area (Å²) in [4.78, 5) is 21.6. The molecule has 0 saturated heterocycles. The molecule has 16 heavy (non-hydrogen) atoms. The molecule has 0 heterocycles. The van der Waals surface area contributed by atoms with Gasteiger partial charge in [-0.3, -0.25) is 0 Å². The number of unbranched alkanes of at least 4 members (excludes halogenated alkanes) is 1. The molecule has 0 spiro atoms. The third kappa shape index (κ3) is 7.31. The van der Waals surface area contributed by atoms with Gasteiger partial charge < -0.3 is 9.47 Å². The van der Waals surface area contributed by atoms with Crippen molar-refractivity contribution in [2.75, 3.05) is 13.2 Å². The van der Waals surface area contributed by atoms with Gasteiger partial charge in [-0.2, -0.15) is 0 Å². The number of halogens is 2. The Morgan fingerprint density at radius 1 is 0.875 bits per heavy atom. The van der Waals surface area contributed by atoms with Crippen LogP contribution >= 0.6 is 23.2 Å². The number of ether oxygens (including phenoxy) is 2. The van der Waals surface area contributed by atoms with E-state index in [0.29, 0.717) is 12.8 Å². The average molecular weight is 267 g/mol. The molecular formula is C10H12Cl2O4. The molecule has 0 aliphatic rings. The molecule has 0 atom stereocenters. The first kappa shape index (κ1) is 15.0. The smallest absolute Gasteiger partial charge is 0.349 e. The molecule has 0 bridgehead atoms. The Morgan fingerprint density at radius 2 is 1.19 bits per heavy atom. The fraction of sp³-hybridized carbons (Fsp3) is 0.400. The van der Waals surface area contributed by atoms with E-state index in [-0.39, 0.29) is 23.3 Å². The van der Waals surface area contributed by atoms with Gasteiger partial charge in [0, 0.05) is 0 Å². The maximum atomic E-state index is 10.8. The Bertz CT molecular complexity index is 269. The first-order valence-electron chi connectivity index (χ1n) is 4.48. The highest BCUT2D eigenvalue weighted by Gasteiger charge is 2.06. The summed E-state index contributed by atoms with van der Waals surface area (Å²) in [6, 6.07) is 0. The number of carbonyl (C=O) groups is 2. The van der Waals surface area contributed by atoms with E-state index >= 15 is 0 Å². The van der Waals surface area contributed by atoms with Crippen LogP contribution < -0.4 is 0 Å². The summed E-state index contributed by atoms with van der Waals surface area (Å²) >= 11 is 10.6. The third-order valence-electron chi connectivity index (χ3n) is 1.45. The largest absolute Gasteiger partial charge is 0.461 e. The number of esters is 2. The van der Waals surface area contributed by atoms with Crippen molar-refractivity contribution in [3.8, 4) is 0 Å². The highest BCUT2D eigenvalue weighted by molar-refractivity contribution is 6.41. The van der Waals surface area contributed by atoms with Gasteiger partial charge in [-0.05, 0) is 12.8 Å². The molecule has 4 nitrogen and oxygen atoms in total. The Labute approximate surface area is 104 Å².